The van der Waals surface area contributed by atoms with E-state index >= 15 is 0 Å². The van der Waals surface area contributed by atoms with Gasteiger partial charge in [-0.05, 0) is 25.3 Å². The molecule has 1 N–H and O–H groups in total. The molecule has 4 nitrogen and oxygen atoms in total. The van der Waals surface area contributed by atoms with Crippen LogP contribution in [-0.2, 0) is 7.05 Å². The van der Waals surface area contributed by atoms with E-state index in [1.54, 1.807) is 19.3 Å². The second-order valence-corrected chi connectivity index (χ2v) is 5.56. The highest BCUT2D eigenvalue weighted by Gasteiger charge is 2.10. The fourth-order valence-electron chi connectivity index (χ4n) is 1.90. The van der Waals surface area contributed by atoms with Crippen LogP contribution in [0.3, 0.4) is 0 Å². The van der Waals surface area contributed by atoms with Crippen LogP contribution >= 0.6 is 0 Å². The number of carbonyl (C=O) groups excluding carboxylic acids is 1. The first-order valence-electron chi connectivity index (χ1n) is 6.87. The molecule has 0 aliphatic heterocycles. The van der Waals surface area contributed by atoms with Crippen LogP contribution in [-0.4, -0.2) is 16.5 Å². The molecule has 1 amide bonds. The lowest BCUT2D eigenvalue weighted by Crippen LogP contribution is -2.33. The Kier molecular flexibility index (Phi) is 5.80. The van der Waals surface area contributed by atoms with Gasteiger partial charge in [0.1, 0.15) is 0 Å². The van der Waals surface area contributed by atoms with Crippen LogP contribution in [0.2, 0.25) is 0 Å². The van der Waals surface area contributed by atoms with Gasteiger partial charge in [0.15, 0.2) is 0 Å². The first-order valence-corrected chi connectivity index (χ1v) is 6.87. The standard InChI is InChI=1S/C15H24N2O2/c1-11(2)6-5-7-12(3)16-15(19)13-8-9-17(4)14(18)10-13/h8-12H,5-7H2,1-4H3,(H,16,19). The highest BCUT2D eigenvalue weighted by molar-refractivity contribution is 5.94. The summed E-state index contributed by atoms with van der Waals surface area (Å²) >= 11 is 0. The summed E-state index contributed by atoms with van der Waals surface area (Å²) in [7, 11) is 1.67. The Morgan fingerprint density at radius 1 is 1.32 bits per heavy atom. The molecule has 0 fully saturated rings. The van der Waals surface area contributed by atoms with Crippen molar-refractivity contribution >= 4 is 5.91 Å². The number of nitrogens with zero attached hydrogens (tertiary/aromatic N) is 1. The molecule has 1 aromatic rings. The number of aromatic nitrogens is 1. The Morgan fingerprint density at radius 2 is 2.00 bits per heavy atom. The minimum absolute atomic E-state index is 0.135. The zero-order valence-corrected chi connectivity index (χ0v) is 12.3. The number of nitrogens with one attached hydrogen (secondary N) is 1. The van der Waals surface area contributed by atoms with Crippen LogP contribution in [0.25, 0.3) is 0 Å². The lowest BCUT2D eigenvalue weighted by molar-refractivity contribution is 0.0937. The van der Waals surface area contributed by atoms with Crippen LogP contribution in [0.1, 0.15) is 50.4 Å². The fraction of sp³-hybridized carbons (Fsp3) is 0.600. The Hall–Kier alpha value is -1.58. The van der Waals surface area contributed by atoms with Crippen molar-refractivity contribution in [2.75, 3.05) is 0 Å². The third kappa shape index (κ3) is 5.28. The largest absolute Gasteiger partial charge is 0.350 e. The number of carbonyl (C=O) groups is 1. The molecule has 1 unspecified atom stereocenters. The molecule has 0 aliphatic carbocycles. The number of pyridine rings is 1. The Labute approximate surface area is 114 Å². The van der Waals surface area contributed by atoms with Gasteiger partial charge >= 0.3 is 0 Å². The van der Waals surface area contributed by atoms with E-state index in [4.69, 9.17) is 0 Å². The van der Waals surface area contributed by atoms with Gasteiger partial charge in [-0.2, -0.15) is 0 Å². The third-order valence-corrected chi connectivity index (χ3v) is 3.16. The lowest BCUT2D eigenvalue weighted by Gasteiger charge is -2.14. The number of hydrogen-bond donors (Lipinski definition) is 1. The molecule has 106 valence electrons. The second kappa shape index (κ2) is 7.12. The zero-order chi connectivity index (χ0) is 14.4. The van der Waals surface area contributed by atoms with E-state index in [1.165, 1.54) is 17.1 Å². The van der Waals surface area contributed by atoms with E-state index in [9.17, 15) is 9.59 Å². The van der Waals surface area contributed by atoms with Crippen LogP contribution < -0.4 is 10.9 Å². The molecule has 0 radical (unpaired) electrons. The van der Waals surface area contributed by atoms with Crippen molar-refractivity contribution in [1.82, 2.24) is 9.88 Å². The molecule has 1 aromatic heterocycles. The number of rotatable bonds is 6. The van der Waals surface area contributed by atoms with E-state index < -0.39 is 0 Å². The molecule has 1 rings (SSSR count). The fourth-order valence-corrected chi connectivity index (χ4v) is 1.90. The van der Waals surface area contributed by atoms with E-state index in [-0.39, 0.29) is 17.5 Å². The molecule has 0 bridgehead atoms. The summed E-state index contributed by atoms with van der Waals surface area (Å²) in [4.78, 5) is 23.4. The Morgan fingerprint density at radius 3 is 2.58 bits per heavy atom. The molecule has 4 heteroatoms. The van der Waals surface area contributed by atoms with Gasteiger partial charge in [-0.25, -0.2) is 0 Å². The molecule has 19 heavy (non-hydrogen) atoms. The van der Waals surface area contributed by atoms with Gasteiger partial charge in [-0.3, -0.25) is 9.59 Å². The quantitative estimate of drug-likeness (QED) is 0.857. The van der Waals surface area contributed by atoms with Crippen molar-refractivity contribution in [3.8, 4) is 0 Å². The summed E-state index contributed by atoms with van der Waals surface area (Å²) < 4.78 is 1.45. The van der Waals surface area contributed by atoms with Gasteiger partial charge in [0.2, 0.25) is 0 Å². The van der Waals surface area contributed by atoms with Crippen molar-refractivity contribution in [2.24, 2.45) is 13.0 Å². The van der Waals surface area contributed by atoms with Gasteiger partial charge in [-0.1, -0.05) is 26.7 Å². The van der Waals surface area contributed by atoms with Crippen LogP contribution in [0.4, 0.5) is 0 Å². The Balaban J connectivity index is 2.49. The first kappa shape index (κ1) is 15.5. The Bertz CT molecular complexity index is 477. The van der Waals surface area contributed by atoms with Gasteiger partial charge < -0.3 is 9.88 Å². The van der Waals surface area contributed by atoms with Crippen molar-refractivity contribution in [2.45, 2.75) is 46.1 Å². The highest BCUT2D eigenvalue weighted by atomic mass is 16.2. The maximum atomic E-state index is 12.0. The summed E-state index contributed by atoms with van der Waals surface area (Å²) in [6.45, 7) is 6.39. The molecule has 0 aromatic carbocycles. The summed E-state index contributed by atoms with van der Waals surface area (Å²) in [5, 5.41) is 2.93. The van der Waals surface area contributed by atoms with Crippen molar-refractivity contribution in [1.29, 1.82) is 0 Å². The third-order valence-electron chi connectivity index (χ3n) is 3.16. The lowest BCUT2D eigenvalue weighted by atomic mass is 10.0. The minimum Gasteiger partial charge on any atom is -0.350 e. The summed E-state index contributed by atoms with van der Waals surface area (Å²) in [6.07, 6.45) is 4.86. The molecule has 1 heterocycles. The summed E-state index contributed by atoms with van der Waals surface area (Å²) in [5.41, 5.74) is 0.263. The maximum Gasteiger partial charge on any atom is 0.251 e. The molecule has 0 spiro atoms. The van der Waals surface area contributed by atoms with E-state index in [0.717, 1.165) is 12.8 Å². The molecule has 0 saturated heterocycles. The highest BCUT2D eigenvalue weighted by Crippen LogP contribution is 2.08. The molecule has 0 aliphatic rings. The van der Waals surface area contributed by atoms with Crippen molar-refractivity contribution < 1.29 is 4.79 Å². The van der Waals surface area contributed by atoms with Gasteiger partial charge in [0.25, 0.3) is 11.5 Å². The van der Waals surface area contributed by atoms with E-state index in [1.807, 2.05) is 6.92 Å². The average molecular weight is 264 g/mol. The van der Waals surface area contributed by atoms with Crippen molar-refractivity contribution in [3.63, 3.8) is 0 Å². The number of amides is 1. The van der Waals surface area contributed by atoms with Crippen LogP contribution in [0.15, 0.2) is 23.1 Å². The molecular weight excluding hydrogens is 240 g/mol. The predicted molar refractivity (Wildman–Crippen MR) is 77.3 cm³/mol. The zero-order valence-electron chi connectivity index (χ0n) is 12.3. The molecule has 1 atom stereocenters. The number of hydrogen-bond acceptors (Lipinski definition) is 2. The normalized spacial score (nSPS) is 12.5. The van der Waals surface area contributed by atoms with Crippen LogP contribution in [0.5, 0.6) is 0 Å². The van der Waals surface area contributed by atoms with Gasteiger partial charge in [-0.15, -0.1) is 0 Å². The topological polar surface area (TPSA) is 51.1 Å². The number of aryl methyl sites for hydroxylation is 1. The van der Waals surface area contributed by atoms with Crippen LogP contribution in [0, 0.1) is 5.92 Å². The predicted octanol–water partition coefficient (Wildman–Crippen LogP) is 2.33. The smallest absolute Gasteiger partial charge is 0.251 e. The first-order chi connectivity index (χ1) is 8.90. The average Bonchev–Trinajstić information content (AvgIpc) is 2.32. The molecule has 0 saturated carbocycles. The van der Waals surface area contributed by atoms with Crippen molar-refractivity contribution in [3.05, 3.63) is 34.2 Å². The minimum atomic E-state index is -0.172. The SMILES string of the molecule is CC(C)CCCC(C)NC(=O)c1ccn(C)c(=O)c1. The van der Waals surface area contributed by atoms with E-state index in [0.29, 0.717) is 11.5 Å². The molecular formula is C15H24N2O2. The van der Waals surface area contributed by atoms with Gasteiger partial charge in [0, 0.05) is 30.9 Å². The monoisotopic (exact) mass is 264 g/mol. The maximum absolute atomic E-state index is 12.0. The summed E-state index contributed by atoms with van der Waals surface area (Å²) in [6, 6.07) is 3.17. The summed E-state index contributed by atoms with van der Waals surface area (Å²) in [5.74, 6) is 0.523. The van der Waals surface area contributed by atoms with Gasteiger partial charge in [0.05, 0.1) is 0 Å². The van der Waals surface area contributed by atoms with E-state index in [2.05, 4.69) is 19.2 Å². The second-order valence-electron chi connectivity index (χ2n) is 5.56.